The predicted octanol–water partition coefficient (Wildman–Crippen LogP) is 3.02. The van der Waals surface area contributed by atoms with Crippen LogP contribution in [0.3, 0.4) is 0 Å². The van der Waals surface area contributed by atoms with Crippen LogP contribution >= 0.6 is 11.6 Å². The van der Waals surface area contributed by atoms with Crippen LogP contribution in [0.1, 0.15) is 17.2 Å². The minimum absolute atomic E-state index is 0.247. The molecule has 2 nitrogen and oxygen atoms in total. The molecule has 1 saturated heterocycles. The Hall–Kier alpha value is -0.780. The van der Waals surface area contributed by atoms with Gasteiger partial charge in [0.05, 0.1) is 29.8 Å². The Bertz CT molecular complexity index is 402. The summed E-state index contributed by atoms with van der Waals surface area (Å²) in [4.78, 5) is 0. The fourth-order valence-corrected chi connectivity index (χ4v) is 2.17. The molecular weight excluding hydrogens is 255 g/mol. The number of halogens is 4. The lowest BCUT2D eigenvalue weighted by atomic mass is 10.0. The van der Waals surface area contributed by atoms with E-state index in [-0.39, 0.29) is 11.1 Å². The molecule has 0 aliphatic carbocycles. The van der Waals surface area contributed by atoms with Gasteiger partial charge >= 0.3 is 6.18 Å². The number of hydrogen-bond acceptors (Lipinski definition) is 2. The van der Waals surface area contributed by atoms with Crippen molar-refractivity contribution in [2.24, 2.45) is 0 Å². The molecule has 1 heterocycles. The molecule has 1 fully saturated rings. The smallest absolute Gasteiger partial charge is 0.378 e. The van der Waals surface area contributed by atoms with E-state index in [0.29, 0.717) is 25.3 Å². The molecule has 1 aliphatic rings. The molecule has 0 aromatic heterocycles. The van der Waals surface area contributed by atoms with Gasteiger partial charge in [0, 0.05) is 6.54 Å². The second kappa shape index (κ2) is 4.84. The molecule has 1 N–H and O–H groups in total. The Morgan fingerprint density at radius 1 is 1.35 bits per heavy atom. The SMILES string of the molecule is FC(F)(F)c1cccc([C@@H]2COCCN2)c1Cl. The highest BCUT2D eigenvalue weighted by Crippen LogP contribution is 2.38. The molecule has 1 aliphatic heterocycles. The quantitative estimate of drug-likeness (QED) is 0.843. The van der Waals surface area contributed by atoms with Crippen molar-refractivity contribution >= 4 is 11.6 Å². The van der Waals surface area contributed by atoms with Crippen LogP contribution in [0.25, 0.3) is 0 Å². The minimum atomic E-state index is -4.43. The molecule has 0 unspecified atom stereocenters. The van der Waals surface area contributed by atoms with Crippen LogP contribution in [0.5, 0.6) is 0 Å². The summed E-state index contributed by atoms with van der Waals surface area (Å²) in [6.07, 6.45) is -4.43. The van der Waals surface area contributed by atoms with Gasteiger partial charge in [-0.2, -0.15) is 13.2 Å². The summed E-state index contributed by atoms with van der Waals surface area (Å²) < 4.78 is 43.2. The van der Waals surface area contributed by atoms with Gasteiger partial charge in [-0.25, -0.2) is 0 Å². The molecular formula is C11H11ClF3NO. The van der Waals surface area contributed by atoms with Crippen LogP contribution in [0.4, 0.5) is 13.2 Å². The molecule has 0 radical (unpaired) electrons. The Kier molecular flexibility index (Phi) is 3.61. The second-order valence-corrected chi connectivity index (χ2v) is 4.17. The zero-order valence-corrected chi connectivity index (χ0v) is 9.61. The number of rotatable bonds is 1. The van der Waals surface area contributed by atoms with Crippen LogP contribution < -0.4 is 5.32 Å². The standard InChI is InChI=1S/C11H11ClF3NO/c12-10-7(9-6-17-5-4-16-9)2-1-3-8(10)11(13,14)15/h1-3,9,16H,4-6H2/t9-/m0/s1. The van der Waals surface area contributed by atoms with Gasteiger partial charge in [0.25, 0.3) is 0 Å². The fraction of sp³-hybridized carbons (Fsp3) is 0.455. The fourth-order valence-electron chi connectivity index (χ4n) is 1.80. The monoisotopic (exact) mass is 265 g/mol. The van der Waals surface area contributed by atoms with Gasteiger partial charge in [-0.3, -0.25) is 0 Å². The maximum Gasteiger partial charge on any atom is 0.417 e. The summed E-state index contributed by atoms with van der Waals surface area (Å²) in [6.45, 7) is 1.51. The molecule has 0 bridgehead atoms. The van der Waals surface area contributed by atoms with Crippen molar-refractivity contribution < 1.29 is 17.9 Å². The number of nitrogens with one attached hydrogen (secondary N) is 1. The molecule has 1 aromatic carbocycles. The van der Waals surface area contributed by atoms with E-state index in [4.69, 9.17) is 16.3 Å². The topological polar surface area (TPSA) is 21.3 Å². The third-order valence-corrected chi connectivity index (χ3v) is 3.05. The zero-order chi connectivity index (χ0) is 12.5. The van der Waals surface area contributed by atoms with Gasteiger partial charge < -0.3 is 10.1 Å². The van der Waals surface area contributed by atoms with Gasteiger partial charge in [-0.05, 0) is 11.6 Å². The zero-order valence-electron chi connectivity index (χ0n) is 8.85. The molecule has 17 heavy (non-hydrogen) atoms. The molecule has 0 saturated carbocycles. The van der Waals surface area contributed by atoms with E-state index in [0.717, 1.165) is 6.07 Å². The normalized spacial score (nSPS) is 21.5. The van der Waals surface area contributed by atoms with Crippen LogP contribution in [0.15, 0.2) is 18.2 Å². The Labute approximate surface area is 102 Å². The van der Waals surface area contributed by atoms with Crippen LogP contribution in [0, 0.1) is 0 Å². The van der Waals surface area contributed by atoms with Gasteiger partial charge in [-0.1, -0.05) is 23.7 Å². The maximum absolute atomic E-state index is 12.7. The van der Waals surface area contributed by atoms with E-state index >= 15 is 0 Å². The van der Waals surface area contributed by atoms with Crippen molar-refractivity contribution in [3.8, 4) is 0 Å². The number of ether oxygens (including phenoxy) is 1. The molecule has 6 heteroatoms. The summed E-state index contributed by atoms with van der Waals surface area (Å²) in [5.74, 6) is 0. The third-order valence-electron chi connectivity index (χ3n) is 2.63. The molecule has 94 valence electrons. The average molecular weight is 266 g/mol. The van der Waals surface area contributed by atoms with Gasteiger partial charge in [0.15, 0.2) is 0 Å². The average Bonchev–Trinajstić information content (AvgIpc) is 2.29. The first kappa shape index (κ1) is 12.7. The largest absolute Gasteiger partial charge is 0.417 e. The Morgan fingerprint density at radius 3 is 2.71 bits per heavy atom. The van der Waals surface area contributed by atoms with Crippen molar-refractivity contribution in [3.63, 3.8) is 0 Å². The lowest BCUT2D eigenvalue weighted by Crippen LogP contribution is -2.34. The summed E-state index contributed by atoms with van der Waals surface area (Å²) in [6, 6.07) is 3.65. The van der Waals surface area contributed by atoms with E-state index in [9.17, 15) is 13.2 Å². The summed E-state index contributed by atoms with van der Waals surface area (Å²) in [5, 5.41) is 2.83. The first-order valence-electron chi connectivity index (χ1n) is 5.17. The van der Waals surface area contributed by atoms with Gasteiger partial charge in [0.2, 0.25) is 0 Å². The van der Waals surface area contributed by atoms with Crippen LogP contribution in [0.2, 0.25) is 5.02 Å². The van der Waals surface area contributed by atoms with Gasteiger partial charge in [-0.15, -0.1) is 0 Å². The summed E-state index contributed by atoms with van der Waals surface area (Å²) in [7, 11) is 0. The lowest BCUT2D eigenvalue weighted by Gasteiger charge is -2.25. The van der Waals surface area contributed by atoms with Gasteiger partial charge in [0.1, 0.15) is 0 Å². The summed E-state index contributed by atoms with van der Waals surface area (Å²) >= 11 is 5.81. The first-order chi connectivity index (χ1) is 8.00. The lowest BCUT2D eigenvalue weighted by molar-refractivity contribution is -0.137. The van der Waals surface area contributed by atoms with Crippen molar-refractivity contribution in [3.05, 3.63) is 34.3 Å². The van der Waals surface area contributed by atoms with E-state index in [1.807, 2.05) is 0 Å². The highest BCUT2D eigenvalue weighted by atomic mass is 35.5. The van der Waals surface area contributed by atoms with Crippen LogP contribution in [-0.2, 0) is 10.9 Å². The predicted molar refractivity (Wildman–Crippen MR) is 58.0 cm³/mol. The van der Waals surface area contributed by atoms with Crippen LogP contribution in [-0.4, -0.2) is 19.8 Å². The van der Waals surface area contributed by atoms with E-state index in [1.165, 1.54) is 6.07 Å². The molecule has 1 aromatic rings. The van der Waals surface area contributed by atoms with E-state index in [1.54, 1.807) is 6.07 Å². The Balaban J connectivity index is 2.35. The number of hydrogen-bond donors (Lipinski definition) is 1. The molecule has 2 rings (SSSR count). The van der Waals surface area contributed by atoms with Crippen molar-refractivity contribution in [1.29, 1.82) is 0 Å². The molecule has 0 amide bonds. The van der Waals surface area contributed by atoms with Crippen molar-refractivity contribution in [2.45, 2.75) is 12.2 Å². The highest BCUT2D eigenvalue weighted by molar-refractivity contribution is 6.32. The van der Waals surface area contributed by atoms with Crippen molar-refractivity contribution in [2.75, 3.05) is 19.8 Å². The number of alkyl halides is 3. The molecule has 1 atom stereocenters. The maximum atomic E-state index is 12.7. The minimum Gasteiger partial charge on any atom is -0.378 e. The highest BCUT2D eigenvalue weighted by Gasteiger charge is 2.34. The first-order valence-corrected chi connectivity index (χ1v) is 5.54. The van der Waals surface area contributed by atoms with E-state index < -0.39 is 11.7 Å². The second-order valence-electron chi connectivity index (χ2n) is 3.79. The van der Waals surface area contributed by atoms with E-state index in [2.05, 4.69) is 5.32 Å². The van der Waals surface area contributed by atoms with Crippen molar-refractivity contribution in [1.82, 2.24) is 5.32 Å². The number of morpholine rings is 1. The third kappa shape index (κ3) is 2.73. The number of benzene rings is 1. The summed E-state index contributed by atoms with van der Waals surface area (Å²) in [5.41, 5.74) is -0.370. The Morgan fingerprint density at radius 2 is 2.12 bits per heavy atom. The molecule has 0 spiro atoms.